The second-order valence-electron chi connectivity index (χ2n) is 2.58. The largest absolute Gasteiger partial charge is 0.327 e. The molecule has 3 nitrogen and oxygen atoms in total. The van der Waals surface area contributed by atoms with E-state index in [2.05, 4.69) is 11.7 Å². The fourth-order valence-electron chi connectivity index (χ4n) is 0.841. The summed E-state index contributed by atoms with van der Waals surface area (Å²) in [5.74, 6) is 0. The van der Waals surface area contributed by atoms with Gasteiger partial charge in [0.2, 0.25) is 0 Å². The number of rotatable bonds is 3. The molecule has 0 fully saturated rings. The van der Waals surface area contributed by atoms with Crippen LogP contribution >= 0.6 is 0 Å². The monoisotopic (exact) mass is 151 g/mol. The van der Waals surface area contributed by atoms with Crippen LogP contribution in [0.25, 0.3) is 0 Å². The predicted octanol–water partition coefficient (Wildman–Crippen LogP) is 0.706. The Hall–Kier alpha value is -1.09. The molecular weight excluding hydrogens is 138 g/mol. The normalized spacial score (nSPS) is 10.0. The van der Waals surface area contributed by atoms with Gasteiger partial charge in [-0.3, -0.25) is 4.68 Å². The summed E-state index contributed by atoms with van der Waals surface area (Å²) in [6.45, 7) is 7.07. The van der Waals surface area contributed by atoms with E-state index < -0.39 is 0 Å². The van der Waals surface area contributed by atoms with Gasteiger partial charge in [-0.2, -0.15) is 5.10 Å². The minimum Gasteiger partial charge on any atom is -0.327 e. The summed E-state index contributed by atoms with van der Waals surface area (Å²) in [7, 11) is 0. The first-order valence-corrected chi connectivity index (χ1v) is 3.59. The molecule has 60 valence electrons. The maximum absolute atomic E-state index is 5.40. The second kappa shape index (κ2) is 3.34. The van der Waals surface area contributed by atoms with Crippen LogP contribution in [0.4, 0.5) is 0 Å². The van der Waals surface area contributed by atoms with Gasteiger partial charge in [0, 0.05) is 18.4 Å². The van der Waals surface area contributed by atoms with Gasteiger partial charge in [0.1, 0.15) is 0 Å². The van der Waals surface area contributed by atoms with Crippen LogP contribution < -0.4 is 5.73 Å². The van der Waals surface area contributed by atoms with Crippen molar-refractivity contribution >= 4 is 0 Å². The molecule has 1 aromatic rings. The molecule has 0 aromatic carbocycles. The Labute approximate surface area is 66.5 Å². The molecule has 3 heteroatoms. The van der Waals surface area contributed by atoms with Gasteiger partial charge < -0.3 is 5.73 Å². The van der Waals surface area contributed by atoms with Gasteiger partial charge in [-0.15, -0.1) is 0 Å². The summed E-state index contributed by atoms with van der Waals surface area (Å²) in [6, 6.07) is 1.96. The smallest absolute Gasteiger partial charge is 0.0631 e. The van der Waals surface area contributed by atoms with Crippen molar-refractivity contribution in [1.29, 1.82) is 0 Å². The van der Waals surface area contributed by atoms with E-state index in [1.165, 1.54) is 0 Å². The third-order valence-corrected chi connectivity index (χ3v) is 1.59. The van der Waals surface area contributed by atoms with Crippen molar-refractivity contribution in [3.05, 3.63) is 30.1 Å². The Morgan fingerprint density at radius 3 is 3.00 bits per heavy atom. The average molecular weight is 151 g/mol. The number of aromatic nitrogens is 2. The Morgan fingerprint density at radius 2 is 2.55 bits per heavy atom. The molecule has 1 aromatic heterocycles. The minimum atomic E-state index is 0.527. The highest BCUT2D eigenvalue weighted by atomic mass is 15.3. The van der Waals surface area contributed by atoms with Gasteiger partial charge in [-0.25, -0.2) is 0 Å². The van der Waals surface area contributed by atoms with Gasteiger partial charge in [0.25, 0.3) is 0 Å². The fourth-order valence-corrected chi connectivity index (χ4v) is 0.841. The molecule has 1 rings (SSSR count). The zero-order valence-electron chi connectivity index (χ0n) is 6.75. The predicted molar refractivity (Wildman–Crippen MR) is 45.2 cm³/mol. The SMILES string of the molecule is C=C(CN)Cn1nccc1C. The van der Waals surface area contributed by atoms with Crippen molar-refractivity contribution in [1.82, 2.24) is 9.78 Å². The molecule has 0 atom stereocenters. The van der Waals surface area contributed by atoms with E-state index in [-0.39, 0.29) is 0 Å². The summed E-state index contributed by atoms with van der Waals surface area (Å²) in [4.78, 5) is 0. The third-order valence-electron chi connectivity index (χ3n) is 1.59. The fraction of sp³-hybridized carbons (Fsp3) is 0.375. The molecule has 1 heterocycles. The molecule has 2 N–H and O–H groups in total. The Morgan fingerprint density at radius 1 is 1.82 bits per heavy atom. The van der Waals surface area contributed by atoms with Crippen molar-refractivity contribution in [2.75, 3.05) is 6.54 Å². The maximum atomic E-state index is 5.40. The maximum Gasteiger partial charge on any atom is 0.0631 e. The topological polar surface area (TPSA) is 43.8 Å². The van der Waals surface area contributed by atoms with Crippen LogP contribution in [0.1, 0.15) is 5.69 Å². The Bertz CT molecular complexity index is 250. The molecule has 0 saturated carbocycles. The van der Waals surface area contributed by atoms with E-state index in [1.54, 1.807) is 6.20 Å². The number of hydrogen-bond donors (Lipinski definition) is 1. The molecular formula is C8H13N3. The number of hydrogen-bond acceptors (Lipinski definition) is 2. The quantitative estimate of drug-likeness (QED) is 0.646. The van der Waals surface area contributed by atoms with E-state index in [0.717, 1.165) is 17.8 Å². The van der Waals surface area contributed by atoms with Gasteiger partial charge in [-0.1, -0.05) is 6.58 Å². The highest BCUT2D eigenvalue weighted by Crippen LogP contribution is 1.99. The lowest BCUT2D eigenvalue weighted by Gasteiger charge is -2.04. The van der Waals surface area contributed by atoms with Crippen molar-refractivity contribution in [3.8, 4) is 0 Å². The van der Waals surface area contributed by atoms with Gasteiger partial charge in [-0.05, 0) is 18.6 Å². The van der Waals surface area contributed by atoms with Gasteiger partial charge >= 0.3 is 0 Å². The van der Waals surface area contributed by atoms with Crippen molar-refractivity contribution in [2.24, 2.45) is 5.73 Å². The van der Waals surface area contributed by atoms with Gasteiger partial charge in [0.05, 0.1) is 6.54 Å². The van der Waals surface area contributed by atoms with Crippen molar-refractivity contribution in [2.45, 2.75) is 13.5 Å². The van der Waals surface area contributed by atoms with E-state index in [1.807, 2.05) is 17.7 Å². The highest BCUT2D eigenvalue weighted by molar-refractivity contribution is 5.02. The zero-order chi connectivity index (χ0) is 8.27. The molecule has 0 radical (unpaired) electrons. The molecule has 0 aliphatic heterocycles. The summed E-state index contributed by atoms with van der Waals surface area (Å²) in [5, 5.41) is 4.10. The molecule has 0 saturated heterocycles. The van der Waals surface area contributed by atoms with Crippen LogP contribution in [0.2, 0.25) is 0 Å². The lowest BCUT2D eigenvalue weighted by Crippen LogP contribution is -2.10. The second-order valence-corrected chi connectivity index (χ2v) is 2.58. The standard InChI is InChI=1S/C8H13N3/c1-7(5-9)6-11-8(2)3-4-10-11/h3-4H,1,5-6,9H2,2H3. The summed E-state index contributed by atoms with van der Waals surface area (Å²) in [6.07, 6.45) is 1.78. The van der Waals surface area contributed by atoms with Crippen LogP contribution in [-0.2, 0) is 6.54 Å². The van der Waals surface area contributed by atoms with Crippen molar-refractivity contribution in [3.63, 3.8) is 0 Å². The van der Waals surface area contributed by atoms with Crippen LogP contribution in [0, 0.1) is 6.92 Å². The molecule has 0 bridgehead atoms. The lowest BCUT2D eigenvalue weighted by molar-refractivity contribution is 0.650. The van der Waals surface area contributed by atoms with Gasteiger partial charge in [0.15, 0.2) is 0 Å². The molecule has 0 spiro atoms. The molecule has 0 aliphatic rings. The van der Waals surface area contributed by atoms with Crippen molar-refractivity contribution < 1.29 is 0 Å². The minimum absolute atomic E-state index is 0.527. The average Bonchev–Trinajstić information content (AvgIpc) is 2.37. The van der Waals surface area contributed by atoms with Crippen LogP contribution in [0.5, 0.6) is 0 Å². The van der Waals surface area contributed by atoms with Crippen LogP contribution in [-0.4, -0.2) is 16.3 Å². The first-order chi connectivity index (χ1) is 5.24. The Kier molecular flexibility index (Phi) is 2.44. The van der Waals surface area contributed by atoms with Crippen LogP contribution in [0.3, 0.4) is 0 Å². The van der Waals surface area contributed by atoms with E-state index >= 15 is 0 Å². The third kappa shape index (κ3) is 1.91. The van der Waals surface area contributed by atoms with E-state index in [0.29, 0.717) is 6.54 Å². The molecule has 0 unspecified atom stereocenters. The summed E-state index contributed by atoms with van der Waals surface area (Å²) < 4.78 is 1.88. The van der Waals surface area contributed by atoms with E-state index in [4.69, 9.17) is 5.73 Å². The lowest BCUT2D eigenvalue weighted by atomic mass is 10.3. The molecule has 0 amide bonds. The number of nitrogens with zero attached hydrogens (tertiary/aromatic N) is 2. The zero-order valence-corrected chi connectivity index (χ0v) is 6.75. The number of aryl methyl sites for hydroxylation is 1. The Balaban J connectivity index is 2.64. The molecule has 0 aliphatic carbocycles. The summed E-state index contributed by atoms with van der Waals surface area (Å²) in [5.41, 5.74) is 7.53. The van der Waals surface area contributed by atoms with E-state index in [9.17, 15) is 0 Å². The first kappa shape index (κ1) is 8.01. The first-order valence-electron chi connectivity index (χ1n) is 3.59. The molecule has 11 heavy (non-hydrogen) atoms. The van der Waals surface area contributed by atoms with Crippen LogP contribution in [0.15, 0.2) is 24.4 Å². The number of nitrogens with two attached hydrogens (primary N) is 1. The summed E-state index contributed by atoms with van der Waals surface area (Å²) >= 11 is 0. The highest BCUT2D eigenvalue weighted by Gasteiger charge is 1.96.